The normalized spacial score (nSPS) is 13.6. The number of hydrogen-bond acceptors (Lipinski definition) is 9. The van der Waals surface area contributed by atoms with Gasteiger partial charge >= 0.3 is 6.09 Å². The van der Waals surface area contributed by atoms with E-state index in [4.69, 9.17) is 19.2 Å². The highest BCUT2D eigenvalue weighted by Gasteiger charge is 2.17. The lowest BCUT2D eigenvalue weighted by Gasteiger charge is -2.30. The summed E-state index contributed by atoms with van der Waals surface area (Å²) in [6.07, 6.45) is 2.71. The Morgan fingerprint density at radius 3 is 2.62 bits per heavy atom. The molecule has 0 atom stereocenters. The minimum absolute atomic E-state index is 0.0235. The lowest BCUT2D eigenvalue weighted by molar-refractivity contribution is 0.0527. The molecule has 1 amide bonds. The molecule has 1 aromatic heterocycles. The second kappa shape index (κ2) is 14.9. The van der Waals surface area contributed by atoms with Gasteiger partial charge in [-0.1, -0.05) is 12.1 Å². The second-order valence-corrected chi connectivity index (χ2v) is 11.2. The first-order chi connectivity index (χ1) is 20.3. The molecule has 4 rings (SSSR count). The van der Waals surface area contributed by atoms with Crippen molar-refractivity contribution in [2.45, 2.75) is 52.4 Å². The van der Waals surface area contributed by atoms with Gasteiger partial charge in [-0.3, -0.25) is 0 Å². The molecule has 42 heavy (non-hydrogen) atoms. The van der Waals surface area contributed by atoms with Gasteiger partial charge in [0, 0.05) is 61.2 Å². The number of aliphatic hydroxyl groups is 1. The molecular weight excluding hydrogens is 534 g/mol. The number of alkyl carbamates (subject to hydrolysis) is 1. The third-order valence-corrected chi connectivity index (χ3v) is 6.82. The summed E-state index contributed by atoms with van der Waals surface area (Å²) >= 11 is 0. The Balaban J connectivity index is 1.37. The number of morpholine rings is 1. The van der Waals surface area contributed by atoms with Crippen LogP contribution < -0.4 is 20.3 Å². The molecule has 1 aliphatic rings. The molecule has 0 aliphatic carbocycles. The first-order valence-electron chi connectivity index (χ1n) is 14.5. The largest absolute Gasteiger partial charge is 0.496 e. The molecule has 3 aromatic rings. The molecule has 1 saturated heterocycles. The summed E-state index contributed by atoms with van der Waals surface area (Å²) in [6.45, 7) is 10.4. The van der Waals surface area contributed by atoms with Gasteiger partial charge in [-0.25, -0.2) is 14.8 Å². The van der Waals surface area contributed by atoms with Crippen LogP contribution in [0.5, 0.6) is 5.75 Å². The fourth-order valence-corrected chi connectivity index (χ4v) is 4.83. The van der Waals surface area contributed by atoms with E-state index in [0.717, 1.165) is 65.4 Å². The molecule has 0 saturated carbocycles. The molecular formula is C32H43N5O5. The monoisotopic (exact) mass is 577 g/mol. The van der Waals surface area contributed by atoms with Crippen LogP contribution in [0, 0.1) is 0 Å². The number of carbonyl (C=O) groups excluding carboxylic acids is 1. The Hall–Kier alpha value is -3.73. The molecule has 1 fully saturated rings. The summed E-state index contributed by atoms with van der Waals surface area (Å²) in [7, 11) is 1.66. The fourth-order valence-electron chi connectivity index (χ4n) is 4.83. The average Bonchev–Trinajstić information content (AvgIpc) is 2.98. The summed E-state index contributed by atoms with van der Waals surface area (Å²) in [5.74, 6) is 1.51. The van der Waals surface area contributed by atoms with Crippen molar-refractivity contribution in [3.63, 3.8) is 0 Å². The van der Waals surface area contributed by atoms with E-state index in [9.17, 15) is 9.90 Å². The van der Waals surface area contributed by atoms with Crippen LogP contribution in [-0.2, 0) is 29.0 Å². The summed E-state index contributed by atoms with van der Waals surface area (Å²) in [4.78, 5) is 23.4. The number of aromatic nitrogens is 2. The Labute approximate surface area is 248 Å². The third-order valence-electron chi connectivity index (χ3n) is 6.82. The standard InChI is InChI=1S/C32H43N5O5/c1-32(2,3)42-31(39)35-12-5-11-33-21-25-20-24(7-9-29(25)40-4)27-10-13-34-30(36-27)19-23-6-8-28(26(18-23)22-38)37-14-16-41-17-15-37/h6-10,13,18,20,33,38H,5,11-12,14-17,19,21-22H2,1-4H3,(H,35,39). The average molecular weight is 578 g/mol. The molecule has 2 aromatic carbocycles. The van der Waals surface area contributed by atoms with Crippen molar-refractivity contribution < 1.29 is 24.1 Å². The SMILES string of the molecule is COc1ccc(-c2ccnc(Cc3ccc(N4CCOCC4)c(CO)c3)n2)cc1CNCCCNC(=O)OC(C)(C)C. The number of rotatable bonds is 12. The topological polar surface area (TPSA) is 118 Å². The highest BCUT2D eigenvalue weighted by molar-refractivity contribution is 5.67. The highest BCUT2D eigenvalue weighted by atomic mass is 16.6. The van der Waals surface area contributed by atoms with E-state index in [0.29, 0.717) is 38.5 Å². The van der Waals surface area contributed by atoms with Crippen LogP contribution in [0.2, 0.25) is 0 Å². The number of nitrogens with one attached hydrogen (secondary N) is 2. The van der Waals surface area contributed by atoms with Gasteiger partial charge in [-0.15, -0.1) is 0 Å². The molecule has 3 N–H and O–H groups in total. The van der Waals surface area contributed by atoms with E-state index in [1.807, 2.05) is 45.0 Å². The Morgan fingerprint density at radius 1 is 1.07 bits per heavy atom. The third kappa shape index (κ3) is 9.14. The van der Waals surface area contributed by atoms with Crippen molar-refractivity contribution in [1.29, 1.82) is 0 Å². The smallest absolute Gasteiger partial charge is 0.407 e. The van der Waals surface area contributed by atoms with Crippen molar-refractivity contribution in [1.82, 2.24) is 20.6 Å². The van der Waals surface area contributed by atoms with Gasteiger partial charge in [-0.2, -0.15) is 0 Å². The van der Waals surface area contributed by atoms with E-state index in [-0.39, 0.29) is 6.61 Å². The van der Waals surface area contributed by atoms with Crippen molar-refractivity contribution in [2.24, 2.45) is 0 Å². The van der Waals surface area contributed by atoms with Gasteiger partial charge in [0.15, 0.2) is 0 Å². The van der Waals surface area contributed by atoms with E-state index < -0.39 is 11.7 Å². The van der Waals surface area contributed by atoms with Gasteiger partial charge in [0.2, 0.25) is 0 Å². The van der Waals surface area contributed by atoms with E-state index in [1.54, 1.807) is 13.3 Å². The minimum atomic E-state index is -0.507. The van der Waals surface area contributed by atoms with E-state index >= 15 is 0 Å². The maximum absolute atomic E-state index is 11.8. The van der Waals surface area contributed by atoms with Crippen molar-refractivity contribution >= 4 is 11.8 Å². The number of aliphatic hydroxyl groups excluding tert-OH is 1. The second-order valence-electron chi connectivity index (χ2n) is 11.2. The zero-order valence-corrected chi connectivity index (χ0v) is 25.1. The number of hydrogen-bond donors (Lipinski definition) is 3. The van der Waals surface area contributed by atoms with Crippen LogP contribution >= 0.6 is 0 Å². The molecule has 10 nitrogen and oxygen atoms in total. The van der Waals surface area contributed by atoms with Crippen LogP contribution in [0.25, 0.3) is 11.3 Å². The predicted molar refractivity (Wildman–Crippen MR) is 163 cm³/mol. The summed E-state index contributed by atoms with van der Waals surface area (Å²) in [6, 6.07) is 14.1. The number of benzene rings is 2. The van der Waals surface area contributed by atoms with Crippen molar-refractivity contribution in [3.8, 4) is 17.0 Å². The molecule has 0 unspecified atom stereocenters. The van der Waals surface area contributed by atoms with Crippen LogP contribution in [0.4, 0.5) is 10.5 Å². The zero-order chi connectivity index (χ0) is 30.0. The summed E-state index contributed by atoms with van der Waals surface area (Å²) in [5.41, 5.74) is 5.32. The van der Waals surface area contributed by atoms with Crippen LogP contribution in [-0.4, -0.2) is 73.3 Å². The molecule has 226 valence electrons. The van der Waals surface area contributed by atoms with Crippen molar-refractivity contribution in [3.05, 3.63) is 71.2 Å². The fraction of sp³-hybridized carbons (Fsp3) is 0.469. The van der Waals surface area contributed by atoms with E-state index in [2.05, 4.69) is 38.7 Å². The lowest BCUT2D eigenvalue weighted by atomic mass is 10.0. The van der Waals surface area contributed by atoms with Gasteiger partial charge < -0.3 is 34.9 Å². The first-order valence-corrected chi connectivity index (χ1v) is 14.5. The van der Waals surface area contributed by atoms with Crippen LogP contribution in [0.3, 0.4) is 0 Å². The summed E-state index contributed by atoms with van der Waals surface area (Å²) in [5, 5.41) is 16.2. The zero-order valence-electron chi connectivity index (χ0n) is 25.1. The Morgan fingerprint density at radius 2 is 1.88 bits per heavy atom. The molecule has 0 spiro atoms. The first kappa shape index (κ1) is 31.2. The number of anilines is 1. The molecule has 1 aliphatic heterocycles. The van der Waals surface area contributed by atoms with Gasteiger partial charge in [-0.05, 0) is 69.6 Å². The van der Waals surface area contributed by atoms with Gasteiger partial charge in [0.25, 0.3) is 0 Å². The highest BCUT2D eigenvalue weighted by Crippen LogP contribution is 2.27. The molecule has 10 heteroatoms. The Bertz CT molecular complexity index is 1320. The van der Waals surface area contributed by atoms with Gasteiger partial charge in [0.1, 0.15) is 17.2 Å². The quantitative estimate of drug-likeness (QED) is 0.274. The number of nitrogens with zero attached hydrogens (tertiary/aromatic N) is 3. The maximum Gasteiger partial charge on any atom is 0.407 e. The number of ether oxygens (including phenoxy) is 3. The molecule has 2 heterocycles. The summed E-state index contributed by atoms with van der Waals surface area (Å²) < 4.78 is 16.3. The van der Waals surface area contributed by atoms with Crippen molar-refractivity contribution in [2.75, 3.05) is 51.4 Å². The van der Waals surface area contributed by atoms with Gasteiger partial charge in [0.05, 0.1) is 32.6 Å². The Kier molecular flexibility index (Phi) is 11.1. The minimum Gasteiger partial charge on any atom is -0.496 e. The number of methoxy groups -OCH3 is 1. The lowest BCUT2D eigenvalue weighted by Crippen LogP contribution is -2.36. The van der Waals surface area contributed by atoms with Crippen LogP contribution in [0.1, 0.15) is 49.7 Å². The maximum atomic E-state index is 11.8. The number of carbonyl (C=O) groups is 1. The van der Waals surface area contributed by atoms with Crippen LogP contribution in [0.15, 0.2) is 48.7 Å². The predicted octanol–water partition coefficient (Wildman–Crippen LogP) is 4.08. The molecule has 0 bridgehead atoms. The number of amides is 1. The van der Waals surface area contributed by atoms with E-state index in [1.165, 1.54) is 0 Å². The molecule has 0 radical (unpaired) electrons.